The Kier molecular flexibility index (Phi) is 11.8. The molecule has 4 N–H and O–H groups in total. The van der Waals surface area contributed by atoms with Crippen LogP contribution in [0.3, 0.4) is 0 Å². The zero-order valence-electron chi connectivity index (χ0n) is 27.5. The molecule has 1 atom stereocenters. The number of fused-ring (bicyclic) bond motifs is 3. The summed E-state index contributed by atoms with van der Waals surface area (Å²) in [5.74, 6) is -0.274. The number of carbonyl (C=O) groups excluding carboxylic acids is 1. The van der Waals surface area contributed by atoms with Gasteiger partial charge in [0.25, 0.3) is 20.0 Å². The van der Waals surface area contributed by atoms with E-state index in [0.717, 1.165) is 50.2 Å². The number of thiophene rings is 1. The van der Waals surface area contributed by atoms with Gasteiger partial charge in [0.2, 0.25) is 5.91 Å². The summed E-state index contributed by atoms with van der Waals surface area (Å²) in [6.45, 7) is 2.22. The van der Waals surface area contributed by atoms with Crippen molar-refractivity contribution in [1.29, 1.82) is 0 Å². The van der Waals surface area contributed by atoms with E-state index in [4.69, 9.17) is 5.11 Å². The molecule has 12 nitrogen and oxygen atoms in total. The summed E-state index contributed by atoms with van der Waals surface area (Å²) < 4.78 is 55.0. The highest BCUT2D eigenvalue weighted by Gasteiger charge is 2.43. The standard InChI is InChI=1S/C18H19N3O4S.C16H21N3O2S2.ClH/c22-12-10-19-13-18(23)20-16-7-4-8-17-15(16)9-11-21(17)26(24,25)14-5-2-1-3-6-14;1-18-11-8-16(7-2-3-9-17-16)15-13(18)6-10-19(15)23(20,21)14-5-4-12-22-14;/h1-9,11,19,22H,10,12-13H2,(H,20,23);4-6,10,12,17H,2-3,7-9,11H2,1H3;1H. The van der Waals surface area contributed by atoms with Crippen LogP contribution in [0, 0.1) is 0 Å². The number of aliphatic hydroxyl groups is 1. The molecule has 1 amide bonds. The van der Waals surface area contributed by atoms with Crippen molar-refractivity contribution >= 4 is 72.0 Å². The second kappa shape index (κ2) is 15.7. The van der Waals surface area contributed by atoms with Gasteiger partial charge in [-0.15, -0.1) is 23.7 Å². The van der Waals surface area contributed by atoms with Gasteiger partial charge in [0.15, 0.2) is 0 Å². The predicted octanol–water partition coefficient (Wildman–Crippen LogP) is 4.42. The highest BCUT2D eigenvalue weighted by atomic mass is 35.5. The Morgan fingerprint density at radius 2 is 1.70 bits per heavy atom. The molecule has 1 saturated heterocycles. The Morgan fingerprint density at radius 3 is 2.40 bits per heavy atom. The number of piperidine rings is 1. The molecule has 2 aliphatic rings. The Bertz CT molecular complexity index is 2130. The third-order valence-corrected chi connectivity index (χ3v) is 13.7. The third kappa shape index (κ3) is 7.35. The van der Waals surface area contributed by atoms with E-state index in [1.54, 1.807) is 72.9 Å². The van der Waals surface area contributed by atoms with Crippen molar-refractivity contribution in [2.75, 3.05) is 50.1 Å². The first-order valence-electron chi connectivity index (χ1n) is 16.1. The zero-order chi connectivity index (χ0) is 34.6. The van der Waals surface area contributed by atoms with E-state index in [1.165, 1.54) is 25.5 Å². The fraction of sp³-hybridized carbons (Fsp3) is 0.324. The maximum Gasteiger partial charge on any atom is 0.277 e. The molecular formula is C34H41ClN6O6S3. The first kappa shape index (κ1) is 37.6. The second-order valence-corrected chi connectivity index (χ2v) is 16.8. The van der Waals surface area contributed by atoms with Gasteiger partial charge in [0, 0.05) is 37.9 Å². The summed E-state index contributed by atoms with van der Waals surface area (Å²) >= 11 is 1.27. The van der Waals surface area contributed by atoms with Crippen LogP contribution in [0.4, 0.5) is 11.4 Å². The highest BCUT2D eigenvalue weighted by Crippen LogP contribution is 2.44. The number of carbonyl (C=O) groups is 1. The number of hydrogen-bond donors (Lipinski definition) is 4. The molecule has 2 aliphatic heterocycles. The van der Waals surface area contributed by atoms with E-state index < -0.39 is 20.0 Å². The van der Waals surface area contributed by atoms with Gasteiger partial charge < -0.3 is 26.0 Å². The summed E-state index contributed by atoms with van der Waals surface area (Å²) in [6.07, 6.45) is 7.44. The molecule has 7 rings (SSSR count). The van der Waals surface area contributed by atoms with E-state index in [9.17, 15) is 21.6 Å². The van der Waals surface area contributed by atoms with Crippen molar-refractivity contribution in [3.05, 3.63) is 96.3 Å². The monoisotopic (exact) mass is 760 g/mol. The fourth-order valence-electron chi connectivity index (χ4n) is 6.50. The molecule has 16 heteroatoms. The summed E-state index contributed by atoms with van der Waals surface area (Å²) in [5.41, 5.74) is 2.74. The lowest BCUT2D eigenvalue weighted by atomic mass is 9.80. The van der Waals surface area contributed by atoms with Crippen LogP contribution in [0.1, 0.15) is 31.4 Å². The van der Waals surface area contributed by atoms with Crippen LogP contribution in [0.5, 0.6) is 0 Å². The molecular weight excluding hydrogens is 720 g/mol. The van der Waals surface area contributed by atoms with Crippen molar-refractivity contribution in [2.24, 2.45) is 0 Å². The van der Waals surface area contributed by atoms with Crippen LogP contribution in [0.15, 0.2) is 99.7 Å². The number of anilines is 2. The molecule has 5 heterocycles. The number of rotatable bonds is 9. The minimum Gasteiger partial charge on any atom is -0.395 e. The molecule has 50 heavy (non-hydrogen) atoms. The number of nitrogens with one attached hydrogen (secondary N) is 3. The van der Waals surface area contributed by atoms with E-state index >= 15 is 0 Å². The first-order valence-corrected chi connectivity index (χ1v) is 19.8. The number of nitrogens with zero attached hydrogens (tertiary/aromatic N) is 3. The summed E-state index contributed by atoms with van der Waals surface area (Å²) in [7, 11) is -5.21. The van der Waals surface area contributed by atoms with Crippen molar-refractivity contribution in [3.8, 4) is 0 Å². The van der Waals surface area contributed by atoms with E-state index in [1.807, 2.05) is 18.5 Å². The molecule has 1 spiro atoms. The minimum absolute atomic E-state index is 0. The average molecular weight is 761 g/mol. The zero-order valence-corrected chi connectivity index (χ0v) is 30.8. The predicted molar refractivity (Wildman–Crippen MR) is 200 cm³/mol. The van der Waals surface area contributed by atoms with Crippen LogP contribution < -0.4 is 20.9 Å². The molecule has 3 aromatic heterocycles. The topological polar surface area (TPSA) is 155 Å². The van der Waals surface area contributed by atoms with Gasteiger partial charge in [-0.3, -0.25) is 4.79 Å². The normalized spacial score (nSPS) is 17.4. The molecule has 2 aromatic carbocycles. The third-order valence-electron chi connectivity index (χ3n) is 8.92. The highest BCUT2D eigenvalue weighted by molar-refractivity contribution is 7.92. The van der Waals surface area contributed by atoms with Gasteiger partial charge in [-0.1, -0.05) is 30.3 Å². The van der Waals surface area contributed by atoms with Crippen molar-refractivity contribution in [3.63, 3.8) is 0 Å². The van der Waals surface area contributed by atoms with E-state index in [-0.39, 0.29) is 41.9 Å². The SMILES string of the molecule is CN1CCC2(CCCCN2)c2c1ccn2S(=O)(=O)c1cccs1.Cl.O=C(CNCCO)Nc1cccc2c1ccn2S(=O)(=O)c1ccccc1. The van der Waals surface area contributed by atoms with Crippen LogP contribution in [-0.2, 0) is 30.4 Å². The number of hydrogen-bond acceptors (Lipinski definition) is 10. The van der Waals surface area contributed by atoms with Gasteiger partial charge in [-0.2, -0.15) is 8.42 Å². The Hall–Kier alpha value is -3.70. The second-order valence-electron chi connectivity index (χ2n) is 12.0. The van der Waals surface area contributed by atoms with Crippen LogP contribution in [0.2, 0.25) is 0 Å². The van der Waals surface area contributed by atoms with Crippen LogP contribution in [-0.4, -0.2) is 75.6 Å². The summed E-state index contributed by atoms with van der Waals surface area (Å²) in [6, 6.07) is 20.3. The summed E-state index contributed by atoms with van der Waals surface area (Å²) in [4.78, 5) is 14.3. The van der Waals surface area contributed by atoms with Crippen molar-refractivity contribution < 1.29 is 26.7 Å². The Balaban J connectivity index is 0.000000192. The van der Waals surface area contributed by atoms with Gasteiger partial charge in [-0.25, -0.2) is 16.4 Å². The molecule has 0 radical (unpaired) electrons. The van der Waals surface area contributed by atoms with Crippen molar-refractivity contribution in [2.45, 2.75) is 40.3 Å². The van der Waals surface area contributed by atoms with Gasteiger partial charge >= 0.3 is 0 Å². The van der Waals surface area contributed by atoms with Crippen LogP contribution in [0.25, 0.3) is 10.9 Å². The van der Waals surface area contributed by atoms with Gasteiger partial charge in [0.05, 0.1) is 46.2 Å². The Labute approximate surface area is 302 Å². The lowest BCUT2D eigenvalue weighted by Gasteiger charge is -2.45. The number of amides is 1. The van der Waals surface area contributed by atoms with Gasteiger partial charge in [-0.05, 0) is 80.1 Å². The largest absolute Gasteiger partial charge is 0.395 e. The average Bonchev–Trinajstić information content (AvgIpc) is 3.90. The number of aromatic nitrogens is 2. The Morgan fingerprint density at radius 1 is 0.920 bits per heavy atom. The molecule has 1 fully saturated rings. The molecule has 1 unspecified atom stereocenters. The first-order chi connectivity index (χ1) is 23.6. The quantitative estimate of drug-likeness (QED) is 0.160. The summed E-state index contributed by atoms with van der Waals surface area (Å²) in [5, 5.41) is 20.4. The van der Waals surface area contributed by atoms with Gasteiger partial charge in [0.1, 0.15) is 4.21 Å². The fourth-order valence-corrected chi connectivity index (χ4v) is 10.4. The molecule has 0 saturated carbocycles. The molecule has 5 aromatic rings. The van der Waals surface area contributed by atoms with E-state index in [0.29, 0.717) is 27.3 Å². The number of halogens is 1. The smallest absolute Gasteiger partial charge is 0.277 e. The molecule has 0 aliphatic carbocycles. The lowest BCUT2D eigenvalue weighted by Crippen LogP contribution is -2.52. The maximum absolute atomic E-state index is 13.1. The lowest BCUT2D eigenvalue weighted by molar-refractivity contribution is -0.115. The molecule has 0 bridgehead atoms. The number of benzene rings is 2. The number of aliphatic hydroxyl groups excluding tert-OH is 1. The van der Waals surface area contributed by atoms with Crippen molar-refractivity contribution in [1.82, 2.24) is 18.6 Å². The minimum atomic E-state index is -3.72. The van der Waals surface area contributed by atoms with Crippen LogP contribution >= 0.6 is 23.7 Å². The van der Waals surface area contributed by atoms with E-state index in [2.05, 4.69) is 20.9 Å². The maximum atomic E-state index is 13.1. The molecule has 268 valence electrons.